The van der Waals surface area contributed by atoms with Gasteiger partial charge in [-0.3, -0.25) is 0 Å². The summed E-state index contributed by atoms with van der Waals surface area (Å²) in [4.78, 5) is 20.6. The molecule has 0 bridgehead atoms. The van der Waals surface area contributed by atoms with Crippen molar-refractivity contribution in [2.24, 2.45) is 5.41 Å². The molecular formula is C30H37ClN2O4S. The van der Waals surface area contributed by atoms with E-state index in [9.17, 15) is 9.90 Å². The number of carbonyl (C=O) groups is 1. The highest BCUT2D eigenvalue weighted by molar-refractivity contribution is 7.98. The molecule has 6 nitrogen and oxygen atoms in total. The molecule has 2 atom stereocenters. The number of nitrogens with zero attached hydrogens (tertiary/aromatic N) is 2. The molecule has 1 fully saturated rings. The number of hydrogen-bond donors (Lipinski definition) is 1. The Labute approximate surface area is 234 Å². The maximum absolute atomic E-state index is 12.9. The molecule has 0 radical (unpaired) electrons. The van der Waals surface area contributed by atoms with Crippen LogP contribution in [0.3, 0.4) is 0 Å². The number of benzene rings is 2. The van der Waals surface area contributed by atoms with Gasteiger partial charge in [0.15, 0.2) is 0 Å². The van der Waals surface area contributed by atoms with Gasteiger partial charge in [0.2, 0.25) is 5.88 Å². The fraction of sp³-hybridized carbons (Fsp3) is 0.467. The van der Waals surface area contributed by atoms with Crippen molar-refractivity contribution in [3.8, 4) is 5.88 Å². The normalized spacial score (nSPS) is 20.3. The van der Waals surface area contributed by atoms with Crippen LogP contribution in [0, 0.1) is 5.41 Å². The van der Waals surface area contributed by atoms with Crippen molar-refractivity contribution < 1.29 is 19.4 Å². The SMILES string of the molecule is COc1nc2ccc(SC)cc2cc1[C@@H](c1ccc(Cl)cc1)C1(O)CCN(C(=O)OC(C)(C)C)CC1(C)C. The zero-order valence-corrected chi connectivity index (χ0v) is 24.7. The summed E-state index contributed by atoms with van der Waals surface area (Å²) < 4.78 is 11.5. The number of halogens is 1. The zero-order valence-electron chi connectivity index (χ0n) is 23.2. The number of amides is 1. The van der Waals surface area contributed by atoms with Crippen LogP contribution in [0.25, 0.3) is 10.9 Å². The Morgan fingerprint density at radius 1 is 1.16 bits per heavy atom. The van der Waals surface area contributed by atoms with Crippen LogP contribution in [0.1, 0.15) is 58.1 Å². The van der Waals surface area contributed by atoms with Crippen molar-refractivity contribution in [2.75, 3.05) is 26.5 Å². The average Bonchev–Trinajstić information content (AvgIpc) is 2.85. The quantitative estimate of drug-likeness (QED) is 0.336. The van der Waals surface area contributed by atoms with Crippen LogP contribution in [-0.4, -0.2) is 58.7 Å². The lowest BCUT2D eigenvalue weighted by Gasteiger charge is -2.53. The number of likely N-dealkylation sites (tertiary alicyclic amines) is 1. The summed E-state index contributed by atoms with van der Waals surface area (Å²) in [6, 6.07) is 15.8. The highest BCUT2D eigenvalue weighted by atomic mass is 35.5. The van der Waals surface area contributed by atoms with E-state index >= 15 is 0 Å². The largest absolute Gasteiger partial charge is 0.481 e. The van der Waals surface area contributed by atoms with E-state index in [4.69, 9.17) is 26.1 Å². The van der Waals surface area contributed by atoms with Gasteiger partial charge in [-0.2, -0.15) is 0 Å². The van der Waals surface area contributed by atoms with Gasteiger partial charge in [0.25, 0.3) is 0 Å². The lowest BCUT2D eigenvalue weighted by atomic mass is 9.60. The fourth-order valence-electron chi connectivity index (χ4n) is 5.37. The molecule has 1 aliphatic heterocycles. The predicted molar refractivity (Wildman–Crippen MR) is 155 cm³/mol. The van der Waals surface area contributed by atoms with E-state index in [1.165, 1.54) is 0 Å². The first-order valence-corrected chi connectivity index (χ1v) is 14.4. The summed E-state index contributed by atoms with van der Waals surface area (Å²) in [6.45, 7) is 10.3. The molecule has 0 spiro atoms. The Morgan fingerprint density at radius 2 is 1.84 bits per heavy atom. The van der Waals surface area contributed by atoms with Crippen molar-refractivity contribution >= 4 is 40.4 Å². The van der Waals surface area contributed by atoms with Gasteiger partial charge in [-0.15, -0.1) is 11.8 Å². The molecule has 0 saturated carbocycles. The maximum atomic E-state index is 12.9. The second-order valence-corrected chi connectivity index (χ2v) is 12.9. The van der Waals surface area contributed by atoms with Gasteiger partial charge in [-0.05, 0) is 75.4 Å². The number of carbonyl (C=O) groups excluding carboxylic acids is 1. The minimum absolute atomic E-state index is 0.336. The average molecular weight is 557 g/mol. The van der Waals surface area contributed by atoms with Gasteiger partial charge in [0.1, 0.15) is 5.60 Å². The van der Waals surface area contributed by atoms with Gasteiger partial charge in [0.05, 0.1) is 18.2 Å². The van der Waals surface area contributed by atoms with Gasteiger partial charge in [-0.25, -0.2) is 9.78 Å². The van der Waals surface area contributed by atoms with E-state index in [0.717, 1.165) is 26.9 Å². The molecule has 204 valence electrons. The Balaban J connectivity index is 1.85. The zero-order chi connectivity index (χ0) is 27.9. The summed E-state index contributed by atoms with van der Waals surface area (Å²) >= 11 is 7.92. The van der Waals surface area contributed by atoms with Gasteiger partial charge >= 0.3 is 6.09 Å². The molecule has 8 heteroatoms. The number of pyridine rings is 1. The van der Waals surface area contributed by atoms with Crippen LogP contribution in [0.4, 0.5) is 4.79 Å². The lowest BCUT2D eigenvalue weighted by molar-refractivity contribution is -0.127. The first kappa shape index (κ1) is 28.5. The van der Waals surface area contributed by atoms with E-state index < -0.39 is 22.5 Å². The maximum Gasteiger partial charge on any atom is 0.410 e. The molecule has 38 heavy (non-hydrogen) atoms. The minimum Gasteiger partial charge on any atom is -0.481 e. The number of rotatable bonds is 5. The highest BCUT2D eigenvalue weighted by Gasteiger charge is 2.55. The standard InChI is InChI=1S/C30H37ClN2O4S/c1-28(2,3)37-27(34)33-15-14-30(35,29(4,5)18-33)25(19-8-10-21(31)11-9-19)23-17-20-16-22(38-7)12-13-24(20)32-26(23)36-6/h8-13,16-17,25,35H,14-15,18H2,1-7H3/t25-,30?/m1/s1. The smallest absolute Gasteiger partial charge is 0.410 e. The Morgan fingerprint density at radius 3 is 2.42 bits per heavy atom. The molecule has 1 N–H and O–H groups in total. The first-order valence-electron chi connectivity index (χ1n) is 12.8. The summed E-state index contributed by atoms with van der Waals surface area (Å²) in [5, 5.41) is 14.2. The number of ether oxygens (including phenoxy) is 2. The van der Waals surface area contributed by atoms with Crippen molar-refractivity contribution in [1.29, 1.82) is 0 Å². The first-order chi connectivity index (χ1) is 17.8. The van der Waals surface area contributed by atoms with E-state index in [1.54, 1.807) is 23.8 Å². The predicted octanol–water partition coefficient (Wildman–Crippen LogP) is 7.15. The third-order valence-electron chi connectivity index (χ3n) is 7.37. The molecule has 1 saturated heterocycles. The number of fused-ring (bicyclic) bond motifs is 1. The Hall–Kier alpha value is -2.48. The van der Waals surface area contributed by atoms with E-state index in [2.05, 4.69) is 12.1 Å². The molecule has 1 aliphatic rings. The van der Waals surface area contributed by atoms with Gasteiger partial charge in [0, 0.05) is 45.3 Å². The lowest BCUT2D eigenvalue weighted by Crippen LogP contribution is -2.61. The number of piperidine rings is 1. The fourth-order valence-corrected chi connectivity index (χ4v) is 5.95. The van der Waals surface area contributed by atoms with Crippen LogP contribution in [0.2, 0.25) is 5.02 Å². The Bertz CT molecular complexity index is 1320. The second kappa shape index (κ2) is 10.6. The summed E-state index contributed by atoms with van der Waals surface area (Å²) in [5.74, 6) is -0.0199. The molecule has 1 amide bonds. The summed E-state index contributed by atoms with van der Waals surface area (Å²) in [6.07, 6.45) is 2.02. The third-order valence-corrected chi connectivity index (χ3v) is 8.35. The van der Waals surface area contributed by atoms with Crippen LogP contribution < -0.4 is 4.74 Å². The molecule has 1 unspecified atom stereocenters. The van der Waals surface area contributed by atoms with Crippen LogP contribution in [-0.2, 0) is 4.74 Å². The van der Waals surface area contributed by atoms with E-state index in [1.807, 2.05) is 77.3 Å². The number of hydrogen-bond acceptors (Lipinski definition) is 6. The third kappa shape index (κ3) is 5.61. The monoisotopic (exact) mass is 556 g/mol. The van der Waals surface area contributed by atoms with Crippen molar-refractivity contribution in [3.63, 3.8) is 0 Å². The minimum atomic E-state index is -1.24. The van der Waals surface area contributed by atoms with E-state index in [-0.39, 0.29) is 6.09 Å². The number of aliphatic hydroxyl groups is 1. The van der Waals surface area contributed by atoms with Crippen LogP contribution >= 0.6 is 23.4 Å². The van der Waals surface area contributed by atoms with Crippen LogP contribution in [0.5, 0.6) is 5.88 Å². The molecule has 2 heterocycles. The topological polar surface area (TPSA) is 71.9 Å². The summed E-state index contributed by atoms with van der Waals surface area (Å²) in [7, 11) is 1.60. The van der Waals surface area contributed by atoms with Crippen molar-refractivity contribution in [1.82, 2.24) is 9.88 Å². The Kier molecular flexibility index (Phi) is 7.95. The van der Waals surface area contributed by atoms with Gasteiger partial charge < -0.3 is 19.5 Å². The van der Waals surface area contributed by atoms with E-state index in [0.29, 0.717) is 30.4 Å². The molecule has 2 aromatic carbocycles. The second-order valence-electron chi connectivity index (χ2n) is 11.6. The highest BCUT2D eigenvalue weighted by Crippen LogP contribution is 2.52. The summed E-state index contributed by atoms with van der Waals surface area (Å²) in [5.41, 5.74) is -0.0185. The molecule has 1 aromatic heterocycles. The van der Waals surface area contributed by atoms with Crippen molar-refractivity contribution in [2.45, 2.75) is 63.1 Å². The number of aromatic nitrogens is 1. The van der Waals surface area contributed by atoms with Gasteiger partial charge in [-0.1, -0.05) is 37.6 Å². The number of methoxy groups -OCH3 is 1. The van der Waals surface area contributed by atoms with Crippen LogP contribution in [0.15, 0.2) is 53.4 Å². The molecule has 0 aliphatic carbocycles. The molecular weight excluding hydrogens is 520 g/mol. The number of thioether (sulfide) groups is 1. The van der Waals surface area contributed by atoms with Crippen molar-refractivity contribution in [3.05, 3.63) is 64.7 Å². The molecule has 4 rings (SSSR count). The molecule has 3 aromatic rings.